The highest BCUT2D eigenvalue weighted by Crippen LogP contribution is 2.64. The van der Waals surface area contributed by atoms with Crippen molar-refractivity contribution in [2.75, 3.05) is 0 Å². The summed E-state index contributed by atoms with van der Waals surface area (Å²) in [5.41, 5.74) is 0. The molecule has 0 bridgehead atoms. The number of rotatable bonds is 1. The smallest absolute Gasteiger partial charge is 0.324 e. The minimum absolute atomic E-state index is 0.646. The first-order valence-electron chi connectivity index (χ1n) is 2.51. The van der Waals surface area contributed by atoms with Gasteiger partial charge in [-0.15, -0.1) is 0 Å². The summed E-state index contributed by atoms with van der Waals surface area (Å²) < 4.78 is 10.4. The van der Waals surface area contributed by atoms with E-state index in [4.69, 9.17) is 9.79 Å². The van der Waals surface area contributed by atoms with E-state index in [1.54, 1.807) is 6.92 Å². The molecule has 4 heteroatoms. The van der Waals surface area contributed by atoms with Crippen LogP contribution in [0.25, 0.3) is 0 Å². The summed E-state index contributed by atoms with van der Waals surface area (Å²) >= 11 is 0. The second kappa shape index (κ2) is 1.35. The lowest BCUT2D eigenvalue weighted by atomic mass is 10.5. The van der Waals surface area contributed by atoms with Gasteiger partial charge in [-0.05, 0) is 19.8 Å². The maximum absolute atomic E-state index is 10.4. The average Bonchev–Trinajstić information content (AvgIpc) is 2.16. The molecule has 0 aliphatic heterocycles. The van der Waals surface area contributed by atoms with Gasteiger partial charge in [-0.1, -0.05) is 0 Å². The molecule has 2 N–H and O–H groups in total. The zero-order chi connectivity index (χ0) is 6.41. The van der Waals surface area contributed by atoms with E-state index in [2.05, 4.69) is 0 Å². The van der Waals surface area contributed by atoms with Crippen molar-refractivity contribution >= 4 is 7.60 Å². The van der Waals surface area contributed by atoms with Crippen molar-refractivity contribution in [3.8, 4) is 0 Å². The van der Waals surface area contributed by atoms with Crippen LogP contribution in [0.1, 0.15) is 19.8 Å². The molecular formula is C4H9O3P. The third-order valence-corrected chi connectivity index (χ3v) is 3.53. The minimum Gasteiger partial charge on any atom is -0.324 e. The third-order valence-electron chi connectivity index (χ3n) is 1.68. The molecule has 0 radical (unpaired) electrons. The van der Waals surface area contributed by atoms with Crippen LogP contribution in [0.2, 0.25) is 0 Å². The van der Waals surface area contributed by atoms with Gasteiger partial charge < -0.3 is 9.79 Å². The third kappa shape index (κ3) is 0.815. The number of hydrogen-bond acceptors (Lipinski definition) is 1. The van der Waals surface area contributed by atoms with Gasteiger partial charge in [0.15, 0.2) is 0 Å². The van der Waals surface area contributed by atoms with Gasteiger partial charge in [0.25, 0.3) is 0 Å². The molecule has 1 fully saturated rings. The molecule has 0 saturated heterocycles. The first kappa shape index (κ1) is 6.27. The highest BCUT2D eigenvalue weighted by molar-refractivity contribution is 7.54. The van der Waals surface area contributed by atoms with Crippen LogP contribution in [0.5, 0.6) is 0 Å². The Hall–Kier alpha value is 0.150. The molecule has 1 aliphatic carbocycles. The molecule has 0 unspecified atom stereocenters. The van der Waals surface area contributed by atoms with Crippen LogP contribution < -0.4 is 0 Å². The van der Waals surface area contributed by atoms with Crippen molar-refractivity contribution < 1.29 is 14.4 Å². The van der Waals surface area contributed by atoms with E-state index in [0.717, 1.165) is 0 Å². The molecule has 1 aliphatic rings. The summed E-state index contributed by atoms with van der Waals surface area (Å²) in [6, 6.07) is 0. The lowest BCUT2D eigenvalue weighted by molar-refractivity contribution is 0.357. The van der Waals surface area contributed by atoms with E-state index in [0.29, 0.717) is 12.8 Å². The molecule has 8 heavy (non-hydrogen) atoms. The summed E-state index contributed by atoms with van der Waals surface area (Å²) in [5, 5.41) is -0.646. The molecule has 0 aromatic rings. The molecule has 0 amide bonds. The Bertz CT molecular complexity index is 143. The van der Waals surface area contributed by atoms with Crippen molar-refractivity contribution in [1.29, 1.82) is 0 Å². The van der Waals surface area contributed by atoms with Crippen LogP contribution >= 0.6 is 7.60 Å². The Morgan fingerprint density at radius 2 is 1.88 bits per heavy atom. The van der Waals surface area contributed by atoms with Crippen molar-refractivity contribution in [1.82, 2.24) is 0 Å². The van der Waals surface area contributed by atoms with Crippen LogP contribution in [0.3, 0.4) is 0 Å². The Labute approximate surface area is 47.9 Å². The Morgan fingerprint density at radius 1 is 1.50 bits per heavy atom. The Morgan fingerprint density at radius 3 is 1.88 bits per heavy atom. The van der Waals surface area contributed by atoms with E-state index in [-0.39, 0.29) is 0 Å². The summed E-state index contributed by atoms with van der Waals surface area (Å²) in [4.78, 5) is 17.1. The van der Waals surface area contributed by atoms with Crippen molar-refractivity contribution in [2.45, 2.75) is 24.9 Å². The molecule has 1 saturated carbocycles. The predicted octanol–water partition coefficient (Wildman–Crippen LogP) is 0.717. The van der Waals surface area contributed by atoms with Gasteiger partial charge >= 0.3 is 7.60 Å². The van der Waals surface area contributed by atoms with E-state index >= 15 is 0 Å². The topological polar surface area (TPSA) is 57.5 Å². The van der Waals surface area contributed by atoms with Gasteiger partial charge in [0.05, 0.1) is 5.16 Å². The van der Waals surface area contributed by atoms with Crippen LogP contribution in [0, 0.1) is 0 Å². The van der Waals surface area contributed by atoms with Crippen molar-refractivity contribution in [2.24, 2.45) is 0 Å². The van der Waals surface area contributed by atoms with Gasteiger partial charge in [0, 0.05) is 0 Å². The van der Waals surface area contributed by atoms with Gasteiger partial charge in [-0.3, -0.25) is 4.57 Å². The molecule has 0 heterocycles. The highest BCUT2D eigenvalue weighted by atomic mass is 31.2. The second-order valence-corrected chi connectivity index (χ2v) is 4.71. The maximum atomic E-state index is 10.4. The highest BCUT2D eigenvalue weighted by Gasteiger charge is 2.52. The average molecular weight is 136 g/mol. The van der Waals surface area contributed by atoms with Gasteiger partial charge in [-0.25, -0.2) is 0 Å². The zero-order valence-electron chi connectivity index (χ0n) is 4.66. The Kier molecular flexibility index (Phi) is 1.06. The fourth-order valence-electron chi connectivity index (χ4n) is 0.472. The van der Waals surface area contributed by atoms with Crippen LogP contribution in [-0.2, 0) is 4.57 Å². The van der Waals surface area contributed by atoms with Crippen LogP contribution in [0.4, 0.5) is 0 Å². The van der Waals surface area contributed by atoms with Gasteiger partial charge in [0.1, 0.15) is 0 Å². The molecule has 3 nitrogen and oxygen atoms in total. The SMILES string of the molecule is CC1(P(=O)(O)O)CC1. The van der Waals surface area contributed by atoms with E-state index in [1.807, 2.05) is 0 Å². The lowest BCUT2D eigenvalue weighted by Gasteiger charge is -2.08. The van der Waals surface area contributed by atoms with Crippen molar-refractivity contribution in [3.05, 3.63) is 0 Å². The minimum atomic E-state index is -3.74. The second-order valence-electron chi connectivity index (χ2n) is 2.54. The molecule has 48 valence electrons. The van der Waals surface area contributed by atoms with Crippen LogP contribution in [-0.4, -0.2) is 14.9 Å². The quantitative estimate of drug-likeness (QED) is 0.522. The number of hydrogen-bond donors (Lipinski definition) is 2. The summed E-state index contributed by atoms with van der Waals surface area (Å²) in [6.45, 7) is 1.62. The fourth-order valence-corrected chi connectivity index (χ4v) is 1.17. The molecule has 0 spiro atoms. The predicted molar refractivity (Wildman–Crippen MR) is 29.7 cm³/mol. The Balaban J connectivity index is 2.73. The van der Waals surface area contributed by atoms with Gasteiger partial charge in [-0.2, -0.15) is 0 Å². The standard InChI is InChI=1S/C4H9O3P/c1-4(2-3-4)8(5,6)7/h2-3H2,1H3,(H2,5,6,7). The molecule has 0 aromatic heterocycles. The molecule has 0 aromatic carbocycles. The first-order chi connectivity index (χ1) is 3.46. The van der Waals surface area contributed by atoms with E-state index in [9.17, 15) is 4.57 Å². The van der Waals surface area contributed by atoms with Crippen molar-refractivity contribution in [3.63, 3.8) is 0 Å². The van der Waals surface area contributed by atoms with Gasteiger partial charge in [0.2, 0.25) is 0 Å². The lowest BCUT2D eigenvalue weighted by Crippen LogP contribution is -2.00. The van der Waals surface area contributed by atoms with E-state index < -0.39 is 12.8 Å². The molecule has 0 atom stereocenters. The summed E-state index contributed by atoms with van der Waals surface area (Å²) in [5.74, 6) is 0. The fraction of sp³-hybridized carbons (Fsp3) is 1.00. The summed E-state index contributed by atoms with van der Waals surface area (Å²) in [6.07, 6.45) is 1.36. The normalized spacial score (nSPS) is 25.4. The maximum Gasteiger partial charge on any atom is 0.331 e. The van der Waals surface area contributed by atoms with E-state index in [1.165, 1.54) is 0 Å². The van der Waals surface area contributed by atoms with Crippen LogP contribution in [0.15, 0.2) is 0 Å². The summed E-state index contributed by atoms with van der Waals surface area (Å²) in [7, 11) is -3.74. The largest absolute Gasteiger partial charge is 0.331 e. The zero-order valence-corrected chi connectivity index (χ0v) is 5.56. The monoisotopic (exact) mass is 136 g/mol. The molecular weight excluding hydrogens is 127 g/mol. The first-order valence-corrected chi connectivity index (χ1v) is 4.13. The molecule has 1 rings (SSSR count).